The largest absolute Gasteiger partial charge is 0.480 e. The molecule has 0 aromatic heterocycles. The maximum atomic E-state index is 11.7. The summed E-state index contributed by atoms with van der Waals surface area (Å²) in [6, 6.07) is -1.29. The molecule has 0 aromatic carbocycles. The molecule has 0 aliphatic carbocycles. The number of carbonyl (C=O) groups excluding carboxylic acids is 6. The number of amides is 6. The summed E-state index contributed by atoms with van der Waals surface area (Å²) in [7, 11) is 0. The molecular weight excluding hydrogens is 422 g/mol. The zero-order valence-electron chi connectivity index (χ0n) is 16.4. The first-order valence-corrected chi connectivity index (χ1v) is 8.75. The van der Waals surface area contributed by atoms with Crippen molar-refractivity contribution in [3.05, 3.63) is 0 Å². The van der Waals surface area contributed by atoms with Crippen LogP contribution >= 0.6 is 0 Å². The molecule has 0 aliphatic rings. The molecule has 0 bridgehead atoms. The van der Waals surface area contributed by atoms with Crippen LogP contribution in [0.5, 0.6) is 0 Å². The van der Waals surface area contributed by atoms with Crippen LogP contribution in [0, 0.1) is 0 Å². The van der Waals surface area contributed by atoms with E-state index in [-0.39, 0.29) is 0 Å². The number of rotatable bonds is 14. The third-order valence-electron chi connectivity index (χ3n) is 3.22. The van der Waals surface area contributed by atoms with Gasteiger partial charge in [-0.25, -0.2) is 0 Å². The Balaban J connectivity index is 4.05. The minimum Gasteiger partial charge on any atom is -0.480 e. The zero-order valence-corrected chi connectivity index (χ0v) is 16.4. The number of nitrogens with two attached hydrogens (primary N) is 1. The average Bonchev–Trinajstić information content (AvgIpc) is 2.74. The predicted molar refractivity (Wildman–Crippen MR) is 101 cm³/mol. The van der Waals surface area contributed by atoms with E-state index < -0.39 is 93.3 Å². The number of aliphatic carboxylic acids is 1. The van der Waals surface area contributed by atoms with Crippen LogP contribution in [0.3, 0.4) is 0 Å². The van der Waals surface area contributed by atoms with Gasteiger partial charge < -0.3 is 47.8 Å². The van der Waals surface area contributed by atoms with Crippen molar-refractivity contribution < 1.29 is 43.8 Å². The van der Waals surface area contributed by atoms with Crippen LogP contribution in [0.4, 0.5) is 0 Å². The van der Waals surface area contributed by atoms with Crippen molar-refractivity contribution in [2.45, 2.75) is 6.04 Å². The Bertz CT molecular complexity index is 698. The second-order valence-electron chi connectivity index (χ2n) is 5.73. The first kappa shape index (κ1) is 27.2. The van der Waals surface area contributed by atoms with Crippen LogP contribution in [-0.4, -0.2) is 104 Å². The van der Waals surface area contributed by atoms with E-state index in [9.17, 15) is 33.6 Å². The van der Waals surface area contributed by atoms with E-state index >= 15 is 0 Å². The van der Waals surface area contributed by atoms with Gasteiger partial charge in [0, 0.05) is 0 Å². The second-order valence-corrected chi connectivity index (χ2v) is 5.73. The summed E-state index contributed by atoms with van der Waals surface area (Å²) in [5, 5.41) is 30.2. The lowest BCUT2D eigenvalue weighted by atomic mass is 10.3. The van der Waals surface area contributed by atoms with E-state index in [0.29, 0.717) is 0 Å². The number of aliphatic hydroxyl groups excluding tert-OH is 1. The van der Waals surface area contributed by atoms with E-state index in [4.69, 9.17) is 15.9 Å². The highest BCUT2D eigenvalue weighted by molar-refractivity contribution is 5.93. The second kappa shape index (κ2) is 15.1. The third kappa shape index (κ3) is 13.9. The minimum absolute atomic E-state index is 0.394. The molecule has 0 aromatic rings. The van der Waals surface area contributed by atoms with Crippen LogP contribution in [0.25, 0.3) is 0 Å². The number of hydrogen-bond donors (Lipinski definition) is 9. The number of nitrogens with one attached hydrogen (secondary N) is 6. The van der Waals surface area contributed by atoms with Crippen LogP contribution in [0.1, 0.15) is 0 Å². The van der Waals surface area contributed by atoms with Gasteiger partial charge in [0.1, 0.15) is 12.6 Å². The van der Waals surface area contributed by atoms with Gasteiger partial charge in [-0.1, -0.05) is 0 Å². The quantitative estimate of drug-likeness (QED) is 0.121. The Morgan fingerprint density at radius 3 is 1.39 bits per heavy atom. The fraction of sp³-hybridized carbons (Fsp3) is 0.533. The van der Waals surface area contributed by atoms with Gasteiger partial charge in [-0.2, -0.15) is 0 Å². The number of hydrogen-bond acceptors (Lipinski definition) is 9. The Morgan fingerprint density at radius 1 is 0.645 bits per heavy atom. The Labute approximate surface area is 175 Å². The summed E-state index contributed by atoms with van der Waals surface area (Å²) in [5.41, 5.74) is 5.07. The van der Waals surface area contributed by atoms with Crippen molar-refractivity contribution in [3.8, 4) is 0 Å². The van der Waals surface area contributed by atoms with Crippen LogP contribution < -0.4 is 37.6 Å². The molecule has 0 fully saturated rings. The molecule has 174 valence electrons. The first-order chi connectivity index (χ1) is 14.6. The Kier molecular flexibility index (Phi) is 13.3. The van der Waals surface area contributed by atoms with E-state index in [2.05, 4.69) is 26.6 Å². The predicted octanol–water partition coefficient (Wildman–Crippen LogP) is -6.91. The van der Waals surface area contributed by atoms with Gasteiger partial charge in [-0.3, -0.25) is 33.6 Å². The highest BCUT2D eigenvalue weighted by Gasteiger charge is 2.19. The van der Waals surface area contributed by atoms with Gasteiger partial charge >= 0.3 is 5.97 Å². The van der Waals surface area contributed by atoms with E-state index in [0.717, 1.165) is 0 Å². The van der Waals surface area contributed by atoms with Gasteiger partial charge in [0.2, 0.25) is 35.4 Å². The first-order valence-electron chi connectivity index (χ1n) is 8.75. The SMILES string of the molecule is NCC(=O)N[C@@H](CO)C(=O)NCC(=O)NCC(=O)NCC(=O)NCC(=O)NCC(=O)O. The molecule has 0 radical (unpaired) electrons. The van der Waals surface area contributed by atoms with E-state index in [1.165, 1.54) is 0 Å². The molecular formula is C15H25N7O9. The van der Waals surface area contributed by atoms with Crippen LogP contribution in [0.2, 0.25) is 0 Å². The third-order valence-corrected chi connectivity index (χ3v) is 3.22. The normalized spacial score (nSPS) is 10.8. The van der Waals surface area contributed by atoms with Crippen LogP contribution in [0.15, 0.2) is 0 Å². The van der Waals surface area contributed by atoms with Crippen molar-refractivity contribution in [2.24, 2.45) is 5.73 Å². The fourth-order valence-electron chi connectivity index (χ4n) is 1.70. The molecule has 16 nitrogen and oxygen atoms in total. The summed E-state index contributed by atoms with van der Waals surface area (Å²) in [6.07, 6.45) is 0. The van der Waals surface area contributed by atoms with E-state index in [1.54, 1.807) is 0 Å². The maximum absolute atomic E-state index is 11.7. The monoisotopic (exact) mass is 447 g/mol. The summed E-state index contributed by atoms with van der Waals surface area (Å²) in [4.78, 5) is 79.0. The highest BCUT2D eigenvalue weighted by atomic mass is 16.4. The molecule has 10 N–H and O–H groups in total. The molecule has 0 aliphatic heterocycles. The standard InChI is InChI=1S/C15H25N7O9/c16-1-9(24)22-8(7-23)15(31)21-5-13(28)19-3-11(26)17-2-10(25)18-4-12(27)20-6-14(29)30/h8,23H,1-7,16H2,(H,17,26)(H,18,25)(H,19,28)(H,20,27)(H,21,31)(H,22,24)(H,29,30)/t8-/m0/s1. The fourth-order valence-corrected chi connectivity index (χ4v) is 1.70. The molecule has 0 saturated heterocycles. The van der Waals surface area contributed by atoms with Gasteiger partial charge in [0.15, 0.2) is 0 Å². The van der Waals surface area contributed by atoms with Crippen molar-refractivity contribution >= 4 is 41.4 Å². The molecule has 0 heterocycles. The molecule has 0 unspecified atom stereocenters. The minimum atomic E-state index is -1.29. The molecule has 6 amide bonds. The number of carbonyl (C=O) groups is 7. The average molecular weight is 447 g/mol. The number of carboxylic acids is 1. The zero-order chi connectivity index (χ0) is 23.8. The van der Waals surface area contributed by atoms with Crippen molar-refractivity contribution in [2.75, 3.05) is 45.9 Å². The lowest BCUT2D eigenvalue weighted by Gasteiger charge is -2.15. The van der Waals surface area contributed by atoms with Crippen LogP contribution in [-0.2, 0) is 33.6 Å². The molecule has 31 heavy (non-hydrogen) atoms. The summed E-state index contributed by atoms with van der Waals surface area (Å²) < 4.78 is 0. The summed E-state index contributed by atoms with van der Waals surface area (Å²) in [5.74, 6) is -5.73. The van der Waals surface area contributed by atoms with E-state index in [1.807, 2.05) is 5.32 Å². The molecule has 0 saturated carbocycles. The lowest BCUT2D eigenvalue weighted by Crippen LogP contribution is -2.52. The van der Waals surface area contributed by atoms with Crippen molar-refractivity contribution in [1.29, 1.82) is 0 Å². The van der Waals surface area contributed by atoms with Gasteiger partial charge in [-0.05, 0) is 0 Å². The van der Waals surface area contributed by atoms with Crippen molar-refractivity contribution in [3.63, 3.8) is 0 Å². The molecule has 16 heteroatoms. The summed E-state index contributed by atoms with van der Waals surface area (Å²) >= 11 is 0. The van der Waals surface area contributed by atoms with Gasteiger partial charge in [0.05, 0.1) is 39.3 Å². The topological polar surface area (TPSA) is 258 Å². The highest BCUT2D eigenvalue weighted by Crippen LogP contribution is 1.83. The lowest BCUT2D eigenvalue weighted by molar-refractivity contribution is -0.137. The van der Waals surface area contributed by atoms with Gasteiger partial charge in [-0.15, -0.1) is 0 Å². The Hall–Kier alpha value is -3.79. The van der Waals surface area contributed by atoms with Crippen molar-refractivity contribution in [1.82, 2.24) is 31.9 Å². The van der Waals surface area contributed by atoms with Gasteiger partial charge in [0.25, 0.3) is 0 Å². The number of carboxylic acid groups (broad SMARTS) is 1. The number of aliphatic hydroxyl groups is 1. The smallest absolute Gasteiger partial charge is 0.322 e. The summed E-state index contributed by atoms with van der Waals surface area (Å²) in [6.45, 7) is -3.77. The Morgan fingerprint density at radius 2 is 1.03 bits per heavy atom. The maximum Gasteiger partial charge on any atom is 0.322 e. The molecule has 0 rings (SSSR count). The molecule has 1 atom stereocenters. The molecule has 0 spiro atoms.